The van der Waals surface area contributed by atoms with E-state index in [1.807, 2.05) is 0 Å². The first-order valence-electron chi connectivity index (χ1n) is 9.74. The van der Waals surface area contributed by atoms with E-state index >= 15 is 0 Å². The fraction of sp³-hybridized carbons (Fsp3) is 1.00. The van der Waals surface area contributed by atoms with E-state index in [0.29, 0.717) is 5.54 Å². The van der Waals surface area contributed by atoms with Crippen molar-refractivity contribution < 1.29 is 0 Å². The zero-order valence-corrected chi connectivity index (χ0v) is 14.8. The summed E-state index contributed by atoms with van der Waals surface area (Å²) in [4.78, 5) is 2.87. The molecule has 2 rings (SSSR count). The molecule has 0 aromatic carbocycles. The highest BCUT2D eigenvalue weighted by molar-refractivity contribution is 4.99. The Morgan fingerprint density at radius 3 is 2.33 bits per heavy atom. The molecule has 0 radical (unpaired) electrons. The standard InChI is InChI=1S/C19H38N2/c1-4-7-11-14-21-15-18(17-12-9-8-10-13-17)20-16-19(21,5-2)6-3/h17-18,20H,4-16H2,1-3H3. The number of unbranched alkanes of at least 4 members (excludes halogenated alkanes) is 2. The third-order valence-corrected chi connectivity index (χ3v) is 6.35. The Balaban J connectivity index is 1.97. The minimum Gasteiger partial charge on any atom is -0.311 e. The van der Waals surface area contributed by atoms with Crippen molar-refractivity contribution >= 4 is 0 Å². The lowest BCUT2D eigenvalue weighted by Gasteiger charge is -2.51. The molecule has 0 aromatic heterocycles. The molecular weight excluding hydrogens is 256 g/mol. The van der Waals surface area contributed by atoms with Crippen LogP contribution < -0.4 is 5.32 Å². The Kier molecular flexibility index (Phi) is 7.01. The molecule has 0 bridgehead atoms. The SMILES string of the molecule is CCCCCN1CC(C2CCCCC2)NCC1(CC)CC. The number of nitrogens with zero attached hydrogens (tertiary/aromatic N) is 1. The Bertz CT molecular complexity index is 279. The van der Waals surface area contributed by atoms with E-state index in [0.717, 1.165) is 12.0 Å². The molecule has 2 heteroatoms. The van der Waals surface area contributed by atoms with Crippen LogP contribution in [0.2, 0.25) is 0 Å². The number of nitrogens with one attached hydrogen (secondary N) is 1. The molecule has 2 aliphatic rings. The van der Waals surface area contributed by atoms with Crippen molar-refractivity contribution in [2.75, 3.05) is 19.6 Å². The van der Waals surface area contributed by atoms with E-state index in [9.17, 15) is 0 Å². The molecule has 1 unspecified atom stereocenters. The summed E-state index contributed by atoms with van der Waals surface area (Å²) in [5.41, 5.74) is 0.429. The van der Waals surface area contributed by atoms with Gasteiger partial charge in [0, 0.05) is 24.7 Å². The number of rotatable bonds is 7. The molecule has 21 heavy (non-hydrogen) atoms. The van der Waals surface area contributed by atoms with Crippen LogP contribution in [0.1, 0.15) is 85.0 Å². The van der Waals surface area contributed by atoms with Crippen LogP contribution in [-0.2, 0) is 0 Å². The van der Waals surface area contributed by atoms with Crippen LogP contribution in [0.5, 0.6) is 0 Å². The van der Waals surface area contributed by atoms with Crippen molar-refractivity contribution in [3.8, 4) is 0 Å². The first-order chi connectivity index (χ1) is 10.3. The van der Waals surface area contributed by atoms with Gasteiger partial charge in [0.15, 0.2) is 0 Å². The van der Waals surface area contributed by atoms with Gasteiger partial charge in [-0.15, -0.1) is 0 Å². The molecule has 0 spiro atoms. The van der Waals surface area contributed by atoms with Gasteiger partial charge in [0.05, 0.1) is 0 Å². The minimum absolute atomic E-state index is 0.429. The van der Waals surface area contributed by atoms with Crippen molar-refractivity contribution in [1.29, 1.82) is 0 Å². The normalized spacial score (nSPS) is 27.9. The average molecular weight is 295 g/mol. The lowest BCUT2D eigenvalue weighted by molar-refractivity contribution is 0.0134. The van der Waals surface area contributed by atoms with Gasteiger partial charge in [0.25, 0.3) is 0 Å². The van der Waals surface area contributed by atoms with Crippen molar-refractivity contribution in [3.05, 3.63) is 0 Å². The van der Waals surface area contributed by atoms with Crippen molar-refractivity contribution in [3.63, 3.8) is 0 Å². The summed E-state index contributed by atoms with van der Waals surface area (Å²) in [6, 6.07) is 0.762. The molecule has 0 amide bonds. The highest BCUT2D eigenvalue weighted by Gasteiger charge is 2.40. The molecule has 1 atom stereocenters. The molecule has 124 valence electrons. The van der Waals surface area contributed by atoms with E-state index < -0.39 is 0 Å². The van der Waals surface area contributed by atoms with Crippen molar-refractivity contribution in [2.24, 2.45) is 5.92 Å². The quantitative estimate of drug-likeness (QED) is 0.691. The Labute approximate surface area is 133 Å². The summed E-state index contributed by atoms with van der Waals surface area (Å²) in [6.45, 7) is 10.9. The van der Waals surface area contributed by atoms with E-state index in [-0.39, 0.29) is 0 Å². The van der Waals surface area contributed by atoms with Crippen LogP contribution in [0.15, 0.2) is 0 Å². The predicted octanol–water partition coefficient (Wildman–Crippen LogP) is 4.59. The van der Waals surface area contributed by atoms with Crippen molar-refractivity contribution in [1.82, 2.24) is 10.2 Å². The van der Waals surface area contributed by atoms with Crippen LogP contribution in [0.4, 0.5) is 0 Å². The molecule has 1 heterocycles. The zero-order valence-electron chi connectivity index (χ0n) is 14.8. The molecule has 2 fully saturated rings. The van der Waals surface area contributed by atoms with Gasteiger partial charge in [-0.3, -0.25) is 4.90 Å². The first kappa shape index (κ1) is 17.3. The molecule has 1 saturated heterocycles. The second-order valence-electron chi connectivity index (χ2n) is 7.47. The molecule has 1 saturated carbocycles. The van der Waals surface area contributed by atoms with Gasteiger partial charge < -0.3 is 5.32 Å². The smallest absolute Gasteiger partial charge is 0.0329 e. The summed E-state index contributed by atoms with van der Waals surface area (Å²) in [5.74, 6) is 0.944. The largest absolute Gasteiger partial charge is 0.311 e. The molecule has 0 aromatic rings. The maximum absolute atomic E-state index is 3.96. The maximum Gasteiger partial charge on any atom is 0.0329 e. The number of piperazine rings is 1. The fourth-order valence-corrected chi connectivity index (χ4v) is 4.61. The van der Waals surface area contributed by atoms with Crippen LogP contribution in [0.3, 0.4) is 0 Å². The topological polar surface area (TPSA) is 15.3 Å². The number of hydrogen-bond acceptors (Lipinski definition) is 2. The van der Waals surface area contributed by atoms with E-state index in [1.54, 1.807) is 0 Å². The molecule has 1 aliphatic carbocycles. The third-order valence-electron chi connectivity index (χ3n) is 6.35. The predicted molar refractivity (Wildman–Crippen MR) is 92.8 cm³/mol. The Hall–Kier alpha value is -0.0800. The highest BCUT2D eigenvalue weighted by Crippen LogP contribution is 2.33. The molecule has 1 aliphatic heterocycles. The minimum atomic E-state index is 0.429. The molecule has 2 nitrogen and oxygen atoms in total. The lowest BCUT2D eigenvalue weighted by atomic mass is 9.79. The van der Waals surface area contributed by atoms with Gasteiger partial charge in [0.2, 0.25) is 0 Å². The van der Waals surface area contributed by atoms with E-state index in [2.05, 4.69) is 31.0 Å². The van der Waals surface area contributed by atoms with Gasteiger partial charge >= 0.3 is 0 Å². The van der Waals surface area contributed by atoms with Crippen LogP contribution in [0.25, 0.3) is 0 Å². The summed E-state index contributed by atoms with van der Waals surface area (Å²) >= 11 is 0. The van der Waals surface area contributed by atoms with Gasteiger partial charge in [-0.25, -0.2) is 0 Å². The Morgan fingerprint density at radius 1 is 1.00 bits per heavy atom. The van der Waals surface area contributed by atoms with Gasteiger partial charge in [-0.1, -0.05) is 52.9 Å². The van der Waals surface area contributed by atoms with E-state index in [4.69, 9.17) is 0 Å². The first-order valence-corrected chi connectivity index (χ1v) is 9.74. The van der Waals surface area contributed by atoms with Crippen LogP contribution in [0, 0.1) is 5.92 Å². The van der Waals surface area contributed by atoms with Crippen molar-refractivity contribution in [2.45, 2.75) is 96.6 Å². The summed E-state index contributed by atoms with van der Waals surface area (Å²) in [5, 5.41) is 3.96. The monoisotopic (exact) mass is 294 g/mol. The average Bonchev–Trinajstić information content (AvgIpc) is 2.56. The number of hydrogen-bond donors (Lipinski definition) is 1. The fourth-order valence-electron chi connectivity index (χ4n) is 4.61. The third kappa shape index (κ3) is 4.22. The van der Waals surface area contributed by atoms with Crippen LogP contribution in [-0.4, -0.2) is 36.1 Å². The maximum atomic E-state index is 3.96. The zero-order chi connectivity index (χ0) is 15.1. The van der Waals surface area contributed by atoms with E-state index in [1.165, 1.54) is 83.8 Å². The summed E-state index contributed by atoms with van der Waals surface area (Å²) in [6.07, 6.45) is 14.0. The summed E-state index contributed by atoms with van der Waals surface area (Å²) in [7, 11) is 0. The molecular formula is C19H38N2. The van der Waals surface area contributed by atoms with Gasteiger partial charge in [-0.2, -0.15) is 0 Å². The van der Waals surface area contributed by atoms with Crippen LogP contribution >= 0.6 is 0 Å². The second kappa shape index (κ2) is 8.53. The second-order valence-corrected chi connectivity index (χ2v) is 7.47. The highest BCUT2D eigenvalue weighted by atomic mass is 15.3. The Morgan fingerprint density at radius 2 is 1.71 bits per heavy atom. The molecule has 1 N–H and O–H groups in total. The van der Waals surface area contributed by atoms with Gasteiger partial charge in [0.1, 0.15) is 0 Å². The lowest BCUT2D eigenvalue weighted by Crippen LogP contribution is -2.65. The summed E-state index contributed by atoms with van der Waals surface area (Å²) < 4.78 is 0. The van der Waals surface area contributed by atoms with Gasteiger partial charge in [-0.05, 0) is 44.6 Å².